The zero-order valence-corrected chi connectivity index (χ0v) is 12.6. The Balaban J connectivity index is 0.00000200. The second-order valence-corrected chi connectivity index (χ2v) is 5.97. The van der Waals surface area contributed by atoms with Gasteiger partial charge in [0, 0.05) is 12.6 Å². The monoisotopic (exact) mass is 317 g/mol. The molecular weight excluding hydrogens is 302 g/mol. The summed E-state index contributed by atoms with van der Waals surface area (Å²) in [7, 11) is -2.25. The molecular formula is C12H16ClN3O3S. The number of rotatable bonds is 4. The van der Waals surface area contributed by atoms with Gasteiger partial charge in [-0.15, -0.1) is 12.4 Å². The summed E-state index contributed by atoms with van der Waals surface area (Å²) in [6.07, 6.45) is 0.762. The molecule has 1 unspecified atom stereocenters. The van der Waals surface area contributed by atoms with E-state index in [0.717, 1.165) is 13.0 Å². The fraction of sp³-hybridized carbons (Fsp3) is 0.417. The van der Waals surface area contributed by atoms with Crippen LogP contribution in [0.1, 0.15) is 12.0 Å². The first-order chi connectivity index (χ1) is 9.06. The van der Waals surface area contributed by atoms with Crippen LogP contribution in [0.2, 0.25) is 0 Å². The Kier molecular flexibility index (Phi) is 5.77. The van der Waals surface area contributed by atoms with Gasteiger partial charge in [-0.25, -0.2) is 13.1 Å². The molecule has 0 spiro atoms. The van der Waals surface area contributed by atoms with Gasteiger partial charge >= 0.3 is 0 Å². The highest BCUT2D eigenvalue weighted by Gasteiger charge is 2.25. The number of nitrogens with one attached hydrogen (secondary N) is 2. The fourth-order valence-electron chi connectivity index (χ4n) is 2.00. The summed E-state index contributed by atoms with van der Waals surface area (Å²) < 4.78 is 32.2. The zero-order valence-electron chi connectivity index (χ0n) is 10.9. The minimum atomic E-state index is -3.64. The number of benzene rings is 1. The van der Waals surface area contributed by atoms with Crippen LogP contribution in [0.3, 0.4) is 0 Å². The number of halogens is 1. The first-order valence-corrected chi connectivity index (χ1v) is 7.36. The van der Waals surface area contributed by atoms with Crippen LogP contribution < -0.4 is 14.8 Å². The molecule has 8 heteroatoms. The standard InChI is InChI=1S/C12H15N3O3S.ClH/c1-18-11-6-9(7-13)2-3-12(11)19(16,17)15-10-4-5-14-8-10;/h2-3,6,10,14-15H,4-5,8H2,1H3;1H. The van der Waals surface area contributed by atoms with E-state index in [2.05, 4.69) is 10.0 Å². The summed E-state index contributed by atoms with van der Waals surface area (Å²) in [4.78, 5) is 0.0564. The van der Waals surface area contributed by atoms with Gasteiger partial charge in [0.25, 0.3) is 0 Å². The molecule has 20 heavy (non-hydrogen) atoms. The van der Waals surface area contributed by atoms with Gasteiger partial charge in [-0.05, 0) is 31.2 Å². The molecule has 1 fully saturated rings. The highest BCUT2D eigenvalue weighted by atomic mass is 35.5. The van der Waals surface area contributed by atoms with Gasteiger partial charge in [-0.1, -0.05) is 0 Å². The van der Waals surface area contributed by atoms with E-state index in [1.807, 2.05) is 6.07 Å². The molecule has 2 rings (SSSR count). The molecule has 2 N–H and O–H groups in total. The van der Waals surface area contributed by atoms with Gasteiger partial charge in [-0.2, -0.15) is 5.26 Å². The Morgan fingerprint density at radius 2 is 2.25 bits per heavy atom. The highest BCUT2D eigenvalue weighted by Crippen LogP contribution is 2.25. The molecule has 0 aliphatic carbocycles. The molecule has 1 aliphatic heterocycles. The van der Waals surface area contributed by atoms with Crippen molar-refractivity contribution in [3.8, 4) is 11.8 Å². The molecule has 1 aromatic rings. The maximum absolute atomic E-state index is 12.3. The molecule has 0 amide bonds. The Morgan fingerprint density at radius 1 is 1.50 bits per heavy atom. The van der Waals surface area contributed by atoms with Crippen molar-refractivity contribution in [2.75, 3.05) is 20.2 Å². The van der Waals surface area contributed by atoms with Crippen molar-refractivity contribution in [2.24, 2.45) is 0 Å². The molecule has 1 heterocycles. The van der Waals surface area contributed by atoms with Crippen LogP contribution in [0, 0.1) is 11.3 Å². The number of sulfonamides is 1. The number of ether oxygens (including phenoxy) is 1. The van der Waals surface area contributed by atoms with Crippen molar-refractivity contribution in [1.82, 2.24) is 10.0 Å². The smallest absolute Gasteiger partial charge is 0.244 e. The van der Waals surface area contributed by atoms with Gasteiger partial charge in [-0.3, -0.25) is 0 Å². The first-order valence-electron chi connectivity index (χ1n) is 5.88. The maximum atomic E-state index is 12.3. The quantitative estimate of drug-likeness (QED) is 0.850. The lowest BCUT2D eigenvalue weighted by atomic mass is 10.2. The van der Waals surface area contributed by atoms with E-state index in [9.17, 15) is 8.42 Å². The summed E-state index contributed by atoms with van der Waals surface area (Å²) in [6, 6.07) is 6.11. The van der Waals surface area contributed by atoms with Crippen LogP contribution in [0.4, 0.5) is 0 Å². The van der Waals surface area contributed by atoms with E-state index in [1.54, 1.807) is 0 Å². The van der Waals surface area contributed by atoms with Crippen LogP contribution in [0.25, 0.3) is 0 Å². The van der Waals surface area contributed by atoms with Crippen LogP contribution in [-0.4, -0.2) is 34.7 Å². The summed E-state index contributed by atoms with van der Waals surface area (Å²) >= 11 is 0. The lowest BCUT2D eigenvalue weighted by molar-refractivity contribution is 0.402. The molecule has 1 saturated heterocycles. The molecule has 110 valence electrons. The third-order valence-electron chi connectivity index (χ3n) is 2.96. The van der Waals surface area contributed by atoms with Crippen LogP contribution in [-0.2, 0) is 10.0 Å². The maximum Gasteiger partial charge on any atom is 0.244 e. The second kappa shape index (κ2) is 6.90. The van der Waals surface area contributed by atoms with Gasteiger partial charge < -0.3 is 10.1 Å². The number of hydrogen-bond acceptors (Lipinski definition) is 5. The van der Waals surface area contributed by atoms with E-state index < -0.39 is 10.0 Å². The predicted molar refractivity (Wildman–Crippen MR) is 76.6 cm³/mol. The predicted octanol–water partition coefficient (Wildman–Crippen LogP) is 0.629. The zero-order chi connectivity index (χ0) is 13.9. The molecule has 0 bridgehead atoms. The van der Waals surface area contributed by atoms with Crippen LogP contribution >= 0.6 is 12.4 Å². The summed E-state index contributed by atoms with van der Waals surface area (Å²) in [5, 5.41) is 11.9. The second-order valence-electron chi connectivity index (χ2n) is 4.29. The minimum absolute atomic E-state index is 0. The van der Waals surface area contributed by atoms with Crippen LogP contribution in [0.15, 0.2) is 23.1 Å². The minimum Gasteiger partial charge on any atom is -0.495 e. The van der Waals surface area contributed by atoms with Crippen LogP contribution in [0.5, 0.6) is 5.75 Å². The number of hydrogen-bond donors (Lipinski definition) is 2. The summed E-state index contributed by atoms with van der Waals surface area (Å²) in [6.45, 7) is 1.43. The molecule has 1 aromatic carbocycles. The van der Waals surface area contributed by atoms with Gasteiger partial charge in [0.1, 0.15) is 10.6 Å². The molecule has 1 atom stereocenters. The third-order valence-corrected chi connectivity index (χ3v) is 4.52. The normalized spacial score (nSPS) is 18.1. The lowest BCUT2D eigenvalue weighted by Gasteiger charge is -2.14. The molecule has 1 aliphatic rings. The largest absolute Gasteiger partial charge is 0.495 e. The Hall–Kier alpha value is -1.33. The van der Waals surface area contributed by atoms with Gasteiger partial charge in [0.2, 0.25) is 10.0 Å². The molecule has 0 saturated carbocycles. The number of methoxy groups -OCH3 is 1. The molecule has 0 radical (unpaired) electrons. The number of nitriles is 1. The Morgan fingerprint density at radius 3 is 2.80 bits per heavy atom. The lowest BCUT2D eigenvalue weighted by Crippen LogP contribution is -2.36. The van der Waals surface area contributed by atoms with Crippen molar-refractivity contribution in [3.05, 3.63) is 23.8 Å². The Labute approximate surface area is 124 Å². The topological polar surface area (TPSA) is 91.2 Å². The van der Waals surface area contributed by atoms with Crippen molar-refractivity contribution >= 4 is 22.4 Å². The van der Waals surface area contributed by atoms with Gasteiger partial charge in [0.05, 0.1) is 18.7 Å². The van der Waals surface area contributed by atoms with Crippen molar-refractivity contribution in [3.63, 3.8) is 0 Å². The van der Waals surface area contributed by atoms with E-state index in [1.165, 1.54) is 25.3 Å². The highest BCUT2D eigenvalue weighted by molar-refractivity contribution is 7.89. The number of nitrogens with zero attached hydrogens (tertiary/aromatic N) is 1. The summed E-state index contributed by atoms with van der Waals surface area (Å²) in [5.41, 5.74) is 0.360. The van der Waals surface area contributed by atoms with Crippen molar-refractivity contribution < 1.29 is 13.2 Å². The first kappa shape index (κ1) is 16.7. The van der Waals surface area contributed by atoms with Crippen molar-refractivity contribution in [2.45, 2.75) is 17.4 Å². The van der Waals surface area contributed by atoms with E-state index in [4.69, 9.17) is 10.00 Å². The summed E-state index contributed by atoms with van der Waals surface area (Å²) in [5.74, 6) is 0.178. The van der Waals surface area contributed by atoms with Crippen molar-refractivity contribution in [1.29, 1.82) is 5.26 Å². The average Bonchev–Trinajstić information content (AvgIpc) is 2.89. The van der Waals surface area contributed by atoms with E-state index in [0.29, 0.717) is 12.1 Å². The van der Waals surface area contributed by atoms with E-state index in [-0.39, 0.29) is 29.1 Å². The Bertz CT molecular complexity index is 607. The third kappa shape index (κ3) is 3.61. The SMILES string of the molecule is COc1cc(C#N)ccc1S(=O)(=O)NC1CCNC1.Cl. The van der Waals surface area contributed by atoms with E-state index >= 15 is 0 Å². The molecule has 6 nitrogen and oxygen atoms in total. The van der Waals surface area contributed by atoms with Gasteiger partial charge in [0.15, 0.2) is 0 Å². The fourth-order valence-corrected chi connectivity index (χ4v) is 3.42. The molecule has 0 aromatic heterocycles. The average molecular weight is 318 g/mol.